The van der Waals surface area contributed by atoms with Crippen molar-refractivity contribution in [3.05, 3.63) is 0 Å². The maximum atomic E-state index is 12.5. The van der Waals surface area contributed by atoms with Crippen molar-refractivity contribution in [2.75, 3.05) is 6.61 Å². The van der Waals surface area contributed by atoms with Crippen LogP contribution >= 0.6 is 0 Å². The highest BCUT2D eigenvalue weighted by Crippen LogP contribution is 2.17. The molecule has 52 heavy (non-hydrogen) atoms. The highest BCUT2D eigenvalue weighted by Gasteiger charge is 2.23. The number of aliphatic hydroxyl groups is 3. The van der Waals surface area contributed by atoms with E-state index in [9.17, 15) is 20.1 Å². The summed E-state index contributed by atoms with van der Waals surface area (Å²) in [5, 5.41) is 33.4. The first-order valence-corrected chi connectivity index (χ1v) is 23.8. The fourth-order valence-corrected chi connectivity index (χ4v) is 7.72. The first kappa shape index (κ1) is 51.4. The molecule has 0 spiro atoms. The summed E-state index contributed by atoms with van der Waals surface area (Å²) in [6.07, 6.45) is 49.7. The van der Waals surface area contributed by atoms with Gasteiger partial charge in [0.1, 0.15) is 6.10 Å². The van der Waals surface area contributed by atoms with E-state index in [1.54, 1.807) is 0 Å². The summed E-state index contributed by atoms with van der Waals surface area (Å²) in [7, 11) is 0. The number of carbonyl (C=O) groups excluding carboxylic acids is 1. The van der Waals surface area contributed by atoms with Gasteiger partial charge in [0, 0.05) is 0 Å². The number of amides is 1. The molecular weight excluding hydrogens is 643 g/mol. The third-order valence-electron chi connectivity index (χ3n) is 11.5. The Labute approximate surface area is 326 Å². The van der Waals surface area contributed by atoms with Gasteiger partial charge in [0.25, 0.3) is 0 Å². The number of hydrogen-bond acceptors (Lipinski definition) is 4. The molecule has 0 fully saturated rings. The van der Waals surface area contributed by atoms with Crippen LogP contribution in [0.15, 0.2) is 0 Å². The van der Waals surface area contributed by atoms with Gasteiger partial charge in [-0.15, -0.1) is 0 Å². The summed E-state index contributed by atoms with van der Waals surface area (Å²) in [6.45, 7) is 4.26. The monoisotopic (exact) mass is 738 g/mol. The van der Waals surface area contributed by atoms with Gasteiger partial charge in [-0.2, -0.15) is 0 Å². The van der Waals surface area contributed by atoms with E-state index >= 15 is 0 Å². The predicted molar refractivity (Wildman–Crippen MR) is 227 cm³/mol. The van der Waals surface area contributed by atoms with Gasteiger partial charge in [0.2, 0.25) is 5.91 Å². The molecule has 1 amide bonds. The van der Waals surface area contributed by atoms with E-state index in [4.69, 9.17) is 0 Å². The van der Waals surface area contributed by atoms with Crippen molar-refractivity contribution in [1.29, 1.82) is 0 Å². The minimum absolute atomic E-state index is 0.308. The average Bonchev–Trinajstić information content (AvgIpc) is 3.15. The second-order valence-corrected chi connectivity index (χ2v) is 16.7. The van der Waals surface area contributed by atoms with Crippen molar-refractivity contribution in [2.45, 2.75) is 289 Å². The van der Waals surface area contributed by atoms with E-state index in [0.29, 0.717) is 12.8 Å². The molecule has 0 aromatic heterocycles. The van der Waals surface area contributed by atoms with Crippen molar-refractivity contribution in [3.8, 4) is 0 Å². The SMILES string of the molecule is CCCCCCCCCCCCCCCCCCCCCCCCC(O)C(CO)NC(=O)C(O)CCCCCCCCCCCCCCCCCC. The van der Waals surface area contributed by atoms with E-state index in [0.717, 1.165) is 32.1 Å². The maximum Gasteiger partial charge on any atom is 0.249 e. The average molecular weight is 738 g/mol. The molecule has 0 saturated heterocycles. The molecule has 5 heteroatoms. The van der Waals surface area contributed by atoms with Gasteiger partial charge in [-0.1, -0.05) is 258 Å². The lowest BCUT2D eigenvalue weighted by Crippen LogP contribution is -2.49. The first-order chi connectivity index (χ1) is 25.6. The summed E-state index contributed by atoms with van der Waals surface area (Å²) < 4.78 is 0. The van der Waals surface area contributed by atoms with Crippen molar-refractivity contribution < 1.29 is 20.1 Å². The minimum atomic E-state index is -1.07. The summed E-state index contributed by atoms with van der Waals surface area (Å²) in [6, 6.07) is -0.706. The first-order valence-electron chi connectivity index (χ1n) is 23.8. The molecule has 0 aliphatic carbocycles. The van der Waals surface area contributed by atoms with Crippen LogP contribution in [0.3, 0.4) is 0 Å². The Morgan fingerprint density at radius 3 is 0.865 bits per heavy atom. The Morgan fingerprint density at radius 2 is 0.615 bits per heavy atom. The normalized spacial score (nSPS) is 13.4. The number of nitrogens with one attached hydrogen (secondary N) is 1. The molecule has 0 heterocycles. The Bertz CT molecular complexity index is 688. The summed E-state index contributed by atoms with van der Waals surface area (Å²) >= 11 is 0. The van der Waals surface area contributed by atoms with Gasteiger partial charge in [-0.25, -0.2) is 0 Å². The third-order valence-corrected chi connectivity index (χ3v) is 11.5. The molecule has 0 saturated carbocycles. The molecule has 0 aliphatic heterocycles. The van der Waals surface area contributed by atoms with Crippen molar-refractivity contribution in [2.24, 2.45) is 0 Å². The minimum Gasteiger partial charge on any atom is -0.394 e. The Morgan fingerprint density at radius 1 is 0.385 bits per heavy atom. The Kier molecular flexibility index (Phi) is 42.5. The van der Waals surface area contributed by atoms with Crippen LogP contribution in [0.4, 0.5) is 0 Å². The van der Waals surface area contributed by atoms with Crippen LogP contribution in [-0.4, -0.2) is 46.1 Å². The molecule has 0 aromatic rings. The predicted octanol–water partition coefficient (Wildman–Crippen LogP) is 13.8. The number of carbonyl (C=O) groups is 1. The van der Waals surface area contributed by atoms with Gasteiger partial charge in [-0.05, 0) is 12.8 Å². The van der Waals surface area contributed by atoms with E-state index in [1.165, 1.54) is 212 Å². The molecule has 5 nitrogen and oxygen atoms in total. The number of aliphatic hydroxyl groups excluding tert-OH is 3. The van der Waals surface area contributed by atoms with Gasteiger partial charge >= 0.3 is 0 Å². The van der Waals surface area contributed by atoms with Crippen LogP contribution in [0.5, 0.6) is 0 Å². The van der Waals surface area contributed by atoms with Crippen LogP contribution in [0.25, 0.3) is 0 Å². The fourth-order valence-electron chi connectivity index (χ4n) is 7.72. The van der Waals surface area contributed by atoms with E-state index in [1.807, 2.05) is 0 Å². The van der Waals surface area contributed by atoms with Crippen LogP contribution in [-0.2, 0) is 4.79 Å². The van der Waals surface area contributed by atoms with Crippen LogP contribution in [0.1, 0.15) is 271 Å². The van der Waals surface area contributed by atoms with E-state index in [-0.39, 0.29) is 6.61 Å². The van der Waals surface area contributed by atoms with Gasteiger partial charge in [-0.3, -0.25) is 4.79 Å². The van der Waals surface area contributed by atoms with Crippen LogP contribution < -0.4 is 5.32 Å². The number of rotatable bonds is 44. The Balaban J connectivity index is 3.54. The smallest absolute Gasteiger partial charge is 0.249 e. The van der Waals surface area contributed by atoms with Gasteiger partial charge in [0.15, 0.2) is 0 Å². The van der Waals surface area contributed by atoms with Crippen molar-refractivity contribution in [3.63, 3.8) is 0 Å². The summed E-state index contributed by atoms with van der Waals surface area (Å²) in [5.41, 5.74) is 0. The lowest BCUT2D eigenvalue weighted by Gasteiger charge is -2.23. The lowest BCUT2D eigenvalue weighted by molar-refractivity contribution is -0.131. The van der Waals surface area contributed by atoms with Crippen molar-refractivity contribution in [1.82, 2.24) is 5.32 Å². The molecule has 0 aromatic carbocycles. The lowest BCUT2D eigenvalue weighted by atomic mass is 10.0. The zero-order valence-corrected chi connectivity index (χ0v) is 35.5. The van der Waals surface area contributed by atoms with Gasteiger partial charge in [0.05, 0.1) is 18.8 Å². The van der Waals surface area contributed by atoms with E-state index in [2.05, 4.69) is 19.2 Å². The quantitative estimate of drug-likeness (QED) is 0.0469. The molecule has 3 atom stereocenters. The summed E-state index contributed by atoms with van der Waals surface area (Å²) in [4.78, 5) is 12.5. The van der Waals surface area contributed by atoms with Gasteiger partial charge < -0.3 is 20.6 Å². The Hall–Kier alpha value is -0.650. The second kappa shape index (κ2) is 43.1. The molecule has 0 rings (SSSR count). The molecule has 0 aliphatic rings. The van der Waals surface area contributed by atoms with E-state index < -0.39 is 24.2 Å². The topological polar surface area (TPSA) is 89.8 Å². The summed E-state index contributed by atoms with van der Waals surface area (Å²) in [5.74, 6) is -0.465. The number of unbranched alkanes of at least 4 members (excludes halogenated alkanes) is 36. The standard InChI is InChI=1S/C47H95NO4/c1-3-5-7-9-11-13-15-17-19-21-22-23-24-25-26-28-29-31-33-35-37-39-41-45(50)44(43-49)48-47(52)46(51)42-40-38-36-34-32-30-27-20-18-16-14-12-10-8-6-4-2/h44-46,49-51H,3-43H2,1-2H3,(H,48,52). The molecule has 312 valence electrons. The van der Waals surface area contributed by atoms with Crippen molar-refractivity contribution >= 4 is 5.91 Å². The van der Waals surface area contributed by atoms with Crippen LogP contribution in [0, 0.1) is 0 Å². The van der Waals surface area contributed by atoms with Crippen LogP contribution in [0.2, 0.25) is 0 Å². The fraction of sp³-hybridized carbons (Fsp3) is 0.979. The molecular formula is C47H95NO4. The molecule has 4 N–H and O–H groups in total. The largest absolute Gasteiger partial charge is 0.394 e. The highest BCUT2D eigenvalue weighted by atomic mass is 16.3. The molecule has 3 unspecified atom stereocenters. The zero-order valence-electron chi connectivity index (χ0n) is 35.5. The third kappa shape index (κ3) is 37.7. The second-order valence-electron chi connectivity index (χ2n) is 16.7. The zero-order chi connectivity index (χ0) is 38.0. The highest BCUT2D eigenvalue weighted by molar-refractivity contribution is 5.80. The number of hydrogen-bond donors (Lipinski definition) is 4. The molecule has 0 radical (unpaired) electrons. The molecule has 0 bridgehead atoms. The maximum absolute atomic E-state index is 12.5.